The van der Waals surface area contributed by atoms with Crippen molar-refractivity contribution in [2.75, 3.05) is 19.0 Å². The number of hydrogen-bond acceptors (Lipinski definition) is 4. The zero-order valence-corrected chi connectivity index (χ0v) is 20.4. The van der Waals surface area contributed by atoms with Gasteiger partial charge < -0.3 is 15.0 Å². The average Bonchev–Trinajstić information content (AvgIpc) is 3.35. The number of nitrogens with zero attached hydrogens (tertiary/aromatic N) is 3. The molecule has 1 N–H and O–H groups in total. The average molecular weight is 439 g/mol. The van der Waals surface area contributed by atoms with E-state index in [1.165, 1.54) is 5.56 Å². The molecule has 4 rings (SSSR count). The summed E-state index contributed by atoms with van der Waals surface area (Å²) < 4.78 is 7.72. The van der Waals surface area contributed by atoms with E-state index in [4.69, 9.17) is 9.84 Å². The molecule has 0 aliphatic carbocycles. The molecule has 32 heavy (non-hydrogen) atoms. The van der Waals surface area contributed by atoms with Crippen LogP contribution in [0.4, 0.5) is 5.82 Å². The van der Waals surface area contributed by atoms with Crippen LogP contribution in [0.2, 0.25) is 0 Å². The number of aromatic nitrogens is 2. The van der Waals surface area contributed by atoms with Gasteiger partial charge in [0.25, 0.3) is 5.91 Å². The second kappa shape index (κ2) is 8.89. The minimum absolute atomic E-state index is 0.0771. The number of rotatable bonds is 6. The number of amides is 1. The van der Waals surface area contributed by atoms with Crippen LogP contribution in [0.5, 0.6) is 0 Å². The van der Waals surface area contributed by atoms with Crippen molar-refractivity contribution in [2.45, 2.75) is 84.0 Å². The van der Waals surface area contributed by atoms with Gasteiger partial charge in [0.05, 0.1) is 23.4 Å². The SMILES string of the molecule is CCCC(C)C1C[C@@H](OC)CN1C(=O)c1c(C)nn2c1N[C@@H](c1ccccc1)CC2(C)C. The largest absolute Gasteiger partial charge is 0.380 e. The molecule has 4 atom stereocenters. The lowest BCUT2D eigenvalue weighted by molar-refractivity contribution is 0.0656. The maximum atomic E-state index is 14.0. The van der Waals surface area contributed by atoms with Crippen molar-refractivity contribution in [3.05, 3.63) is 47.2 Å². The molecule has 1 aromatic heterocycles. The molecule has 1 amide bonds. The molecule has 3 heterocycles. The molecule has 2 aliphatic heterocycles. The van der Waals surface area contributed by atoms with Crippen molar-refractivity contribution in [3.8, 4) is 0 Å². The second-order valence-corrected chi connectivity index (χ2v) is 10.2. The number of fused-ring (bicyclic) bond motifs is 1. The lowest BCUT2D eigenvalue weighted by Gasteiger charge is -2.38. The zero-order valence-electron chi connectivity index (χ0n) is 20.4. The van der Waals surface area contributed by atoms with Gasteiger partial charge in [-0.3, -0.25) is 4.79 Å². The van der Waals surface area contributed by atoms with Crippen molar-refractivity contribution in [1.29, 1.82) is 0 Å². The predicted molar refractivity (Wildman–Crippen MR) is 128 cm³/mol. The number of methoxy groups -OCH3 is 1. The summed E-state index contributed by atoms with van der Waals surface area (Å²) in [5.74, 6) is 1.37. The first-order chi connectivity index (χ1) is 15.3. The quantitative estimate of drug-likeness (QED) is 0.678. The first-order valence-electron chi connectivity index (χ1n) is 12.0. The van der Waals surface area contributed by atoms with E-state index in [-0.39, 0.29) is 29.6 Å². The standard InChI is InChI=1S/C26H38N4O2/c1-7-11-17(2)22-14-20(32-6)16-29(22)25(31)23-18(3)28-30-24(23)27-21(15-26(30,4)5)19-12-9-8-10-13-19/h8-10,12-13,17,20-22,27H,7,11,14-16H2,1-6H3/t17?,20-,21-,22?/m1/s1. The van der Waals surface area contributed by atoms with Gasteiger partial charge in [0.2, 0.25) is 0 Å². The molecule has 6 heteroatoms. The Kier molecular flexibility index (Phi) is 6.35. The summed E-state index contributed by atoms with van der Waals surface area (Å²) >= 11 is 0. The topological polar surface area (TPSA) is 59.4 Å². The van der Waals surface area contributed by atoms with Gasteiger partial charge >= 0.3 is 0 Å². The van der Waals surface area contributed by atoms with Gasteiger partial charge in [0.15, 0.2) is 0 Å². The molecule has 0 saturated carbocycles. The maximum Gasteiger partial charge on any atom is 0.259 e. The molecule has 1 aromatic carbocycles. The smallest absolute Gasteiger partial charge is 0.259 e. The minimum Gasteiger partial charge on any atom is -0.380 e. The highest BCUT2D eigenvalue weighted by Crippen LogP contribution is 2.42. The van der Waals surface area contributed by atoms with Gasteiger partial charge in [-0.2, -0.15) is 5.10 Å². The molecule has 0 radical (unpaired) electrons. The van der Waals surface area contributed by atoms with Crippen molar-refractivity contribution in [1.82, 2.24) is 14.7 Å². The Morgan fingerprint density at radius 2 is 2.03 bits per heavy atom. The molecule has 2 aromatic rings. The van der Waals surface area contributed by atoms with Crippen LogP contribution in [0.3, 0.4) is 0 Å². The monoisotopic (exact) mass is 438 g/mol. The minimum atomic E-state index is -0.195. The van der Waals surface area contributed by atoms with Crippen LogP contribution >= 0.6 is 0 Å². The van der Waals surface area contributed by atoms with Gasteiger partial charge in [-0.1, -0.05) is 50.6 Å². The Labute approximate surface area is 192 Å². The number of carbonyl (C=O) groups excluding carboxylic acids is 1. The van der Waals surface area contributed by atoms with E-state index in [1.807, 2.05) is 17.7 Å². The van der Waals surface area contributed by atoms with Crippen molar-refractivity contribution >= 4 is 11.7 Å². The third-order valence-electron chi connectivity index (χ3n) is 7.36. The molecule has 174 valence electrons. The Morgan fingerprint density at radius 1 is 1.31 bits per heavy atom. The van der Waals surface area contributed by atoms with E-state index in [0.717, 1.165) is 37.2 Å². The molecule has 1 saturated heterocycles. The van der Waals surface area contributed by atoms with Crippen LogP contribution in [0.25, 0.3) is 0 Å². The first kappa shape index (κ1) is 22.8. The molecular weight excluding hydrogens is 400 g/mol. The number of carbonyl (C=O) groups is 1. The molecular formula is C26H38N4O2. The summed E-state index contributed by atoms with van der Waals surface area (Å²) in [5.41, 5.74) is 2.55. The second-order valence-electron chi connectivity index (χ2n) is 10.2. The van der Waals surface area contributed by atoms with E-state index in [9.17, 15) is 4.79 Å². The van der Waals surface area contributed by atoms with E-state index < -0.39 is 0 Å². The number of likely N-dealkylation sites (tertiary alicyclic amines) is 1. The number of ether oxygens (including phenoxy) is 1. The number of hydrogen-bond donors (Lipinski definition) is 1. The van der Waals surface area contributed by atoms with Crippen LogP contribution in [0.15, 0.2) is 30.3 Å². The van der Waals surface area contributed by atoms with Crippen LogP contribution in [-0.4, -0.2) is 46.4 Å². The Bertz CT molecular complexity index is 952. The van der Waals surface area contributed by atoms with Crippen LogP contribution in [-0.2, 0) is 10.3 Å². The molecule has 2 unspecified atom stereocenters. The van der Waals surface area contributed by atoms with Gasteiger partial charge in [-0.05, 0) is 51.5 Å². The lowest BCUT2D eigenvalue weighted by Crippen LogP contribution is -2.41. The summed E-state index contributed by atoms with van der Waals surface area (Å²) in [7, 11) is 1.75. The van der Waals surface area contributed by atoms with Crippen LogP contribution in [0, 0.1) is 12.8 Å². The number of benzene rings is 1. The van der Waals surface area contributed by atoms with Crippen molar-refractivity contribution in [3.63, 3.8) is 0 Å². The van der Waals surface area contributed by atoms with Gasteiger partial charge in [-0.25, -0.2) is 4.68 Å². The fourth-order valence-electron chi connectivity index (χ4n) is 5.60. The number of aryl methyl sites for hydroxylation is 1. The Hall–Kier alpha value is -2.34. The summed E-state index contributed by atoms with van der Waals surface area (Å²) in [6.45, 7) is 11.5. The van der Waals surface area contributed by atoms with E-state index in [1.54, 1.807) is 7.11 Å². The molecule has 6 nitrogen and oxygen atoms in total. The van der Waals surface area contributed by atoms with E-state index in [2.05, 4.69) is 62.2 Å². The van der Waals surface area contributed by atoms with Crippen LogP contribution < -0.4 is 5.32 Å². The van der Waals surface area contributed by atoms with Crippen molar-refractivity contribution in [2.24, 2.45) is 5.92 Å². The number of nitrogens with one attached hydrogen (secondary N) is 1. The highest BCUT2D eigenvalue weighted by molar-refractivity contribution is 6.00. The molecule has 0 spiro atoms. The van der Waals surface area contributed by atoms with Gasteiger partial charge in [0, 0.05) is 19.7 Å². The first-order valence-corrected chi connectivity index (χ1v) is 12.0. The fraction of sp³-hybridized carbons (Fsp3) is 0.615. The summed E-state index contributed by atoms with van der Waals surface area (Å²) in [4.78, 5) is 16.1. The fourth-order valence-corrected chi connectivity index (χ4v) is 5.60. The summed E-state index contributed by atoms with van der Waals surface area (Å²) in [5, 5.41) is 8.52. The van der Waals surface area contributed by atoms with Crippen LogP contribution in [0.1, 0.15) is 81.0 Å². The lowest BCUT2D eigenvalue weighted by atomic mass is 9.89. The van der Waals surface area contributed by atoms with Gasteiger partial charge in [-0.15, -0.1) is 0 Å². The normalized spacial score (nSPS) is 25.3. The third-order valence-corrected chi connectivity index (χ3v) is 7.36. The zero-order chi connectivity index (χ0) is 23.0. The maximum absolute atomic E-state index is 14.0. The highest BCUT2D eigenvalue weighted by Gasteiger charge is 2.43. The van der Waals surface area contributed by atoms with E-state index in [0.29, 0.717) is 18.0 Å². The molecule has 1 fully saturated rings. The van der Waals surface area contributed by atoms with Crippen molar-refractivity contribution < 1.29 is 9.53 Å². The number of anilines is 1. The Morgan fingerprint density at radius 3 is 2.69 bits per heavy atom. The van der Waals surface area contributed by atoms with Gasteiger partial charge in [0.1, 0.15) is 11.4 Å². The molecule has 0 bridgehead atoms. The van der Waals surface area contributed by atoms with E-state index >= 15 is 0 Å². The predicted octanol–water partition coefficient (Wildman–Crippen LogP) is 5.15. The Balaban J connectivity index is 1.71. The molecule has 2 aliphatic rings. The highest BCUT2D eigenvalue weighted by atomic mass is 16.5. The third kappa shape index (κ3) is 4.05. The summed E-state index contributed by atoms with van der Waals surface area (Å²) in [6.07, 6.45) is 4.13. The summed E-state index contributed by atoms with van der Waals surface area (Å²) in [6, 6.07) is 10.8.